The smallest absolute Gasteiger partial charge is 0.0152 e. The van der Waals surface area contributed by atoms with Crippen LogP contribution in [0.4, 0.5) is 0 Å². The van der Waals surface area contributed by atoms with Crippen LogP contribution in [0.1, 0.15) is 117 Å². The third kappa shape index (κ3) is 5.02. The molecule has 0 saturated heterocycles. The molecule has 0 spiro atoms. The largest absolute Gasteiger partial charge is 0.313 e. The van der Waals surface area contributed by atoms with Crippen molar-refractivity contribution in [1.82, 2.24) is 5.32 Å². The molecule has 146 valence electrons. The second-order valence-electron chi connectivity index (χ2n) is 9.94. The fraction of sp³-hybridized carbons (Fsp3) is 1.00. The minimum Gasteiger partial charge on any atom is -0.313 e. The summed E-state index contributed by atoms with van der Waals surface area (Å²) in [6.45, 7) is 5.81. The summed E-state index contributed by atoms with van der Waals surface area (Å²) in [7, 11) is 0. The van der Waals surface area contributed by atoms with Crippen LogP contribution in [0.5, 0.6) is 0 Å². The normalized spacial score (nSPS) is 36.2. The molecule has 0 aromatic rings. The maximum absolute atomic E-state index is 3.95. The van der Waals surface area contributed by atoms with Crippen LogP contribution in [0.25, 0.3) is 0 Å². The van der Waals surface area contributed by atoms with E-state index < -0.39 is 0 Å². The molecular weight excluding hydrogens is 302 g/mol. The first-order chi connectivity index (χ1) is 12.3. The first-order valence-corrected chi connectivity index (χ1v) is 12.0. The van der Waals surface area contributed by atoms with Crippen molar-refractivity contribution in [3.05, 3.63) is 0 Å². The summed E-state index contributed by atoms with van der Waals surface area (Å²) in [5.74, 6) is 3.21. The molecule has 4 fully saturated rings. The summed E-state index contributed by atoms with van der Waals surface area (Å²) in [5, 5.41) is 3.95. The van der Waals surface area contributed by atoms with E-state index in [2.05, 4.69) is 19.2 Å². The molecule has 1 N–H and O–H groups in total. The number of hydrogen-bond acceptors (Lipinski definition) is 1. The summed E-state index contributed by atoms with van der Waals surface area (Å²) >= 11 is 0. The van der Waals surface area contributed by atoms with Crippen LogP contribution in [-0.2, 0) is 0 Å². The molecule has 4 aliphatic carbocycles. The maximum Gasteiger partial charge on any atom is 0.0152 e. The van der Waals surface area contributed by atoms with Gasteiger partial charge in [-0.2, -0.15) is 0 Å². The maximum atomic E-state index is 3.95. The van der Waals surface area contributed by atoms with E-state index in [4.69, 9.17) is 0 Å². The quantitative estimate of drug-likeness (QED) is 0.350. The van der Waals surface area contributed by atoms with Gasteiger partial charge in [-0.25, -0.2) is 0 Å². The van der Waals surface area contributed by atoms with Gasteiger partial charge in [0.25, 0.3) is 0 Å². The molecule has 1 heteroatoms. The van der Waals surface area contributed by atoms with E-state index in [1.54, 1.807) is 32.1 Å². The van der Waals surface area contributed by atoms with E-state index >= 15 is 0 Å². The predicted octanol–water partition coefficient (Wildman–Crippen LogP) is 7.10. The van der Waals surface area contributed by atoms with E-state index in [9.17, 15) is 0 Å². The standard InChI is InChI=1S/C24H45N/c1-3-5-6-7-8-9-10-11-12-13-14-24-18-20-15-21(19-24)17-22(16-20)23(24)25-4-2/h20-23,25H,3-19H2,1-2H3/t20-,21+,22?,23?,24?. The average molecular weight is 348 g/mol. The van der Waals surface area contributed by atoms with Gasteiger partial charge in [-0.15, -0.1) is 0 Å². The molecule has 4 saturated carbocycles. The molecule has 4 aliphatic rings. The first kappa shape index (κ1) is 19.7. The van der Waals surface area contributed by atoms with Crippen LogP contribution in [0.2, 0.25) is 0 Å². The van der Waals surface area contributed by atoms with Gasteiger partial charge in [0.1, 0.15) is 0 Å². The predicted molar refractivity (Wildman–Crippen MR) is 110 cm³/mol. The molecular formula is C24H45N. The fourth-order valence-corrected chi connectivity index (χ4v) is 7.14. The van der Waals surface area contributed by atoms with Crippen molar-refractivity contribution < 1.29 is 0 Å². The number of nitrogens with one attached hydrogen (secondary N) is 1. The van der Waals surface area contributed by atoms with Gasteiger partial charge in [0.05, 0.1) is 0 Å². The van der Waals surface area contributed by atoms with Crippen LogP contribution in [0.3, 0.4) is 0 Å². The third-order valence-corrected chi connectivity index (χ3v) is 7.91. The Bertz CT molecular complexity index is 362. The minimum atomic E-state index is 0.699. The van der Waals surface area contributed by atoms with Crippen LogP contribution in [0, 0.1) is 23.2 Å². The summed E-state index contributed by atoms with van der Waals surface area (Å²) in [4.78, 5) is 0. The highest BCUT2D eigenvalue weighted by atomic mass is 15.0. The second-order valence-corrected chi connectivity index (χ2v) is 9.94. The molecule has 4 rings (SSSR count). The molecule has 0 radical (unpaired) electrons. The molecule has 0 aromatic carbocycles. The Hall–Kier alpha value is -0.0400. The topological polar surface area (TPSA) is 12.0 Å². The van der Waals surface area contributed by atoms with Crippen molar-refractivity contribution in [3.63, 3.8) is 0 Å². The molecule has 1 nitrogen and oxygen atoms in total. The first-order valence-electron chi connectivity index (χ1n) is 12.0. The van der Waals surface area contributed by atoms with Crippen molar-refractivity contribution in [3.8, 4) is 0 Å². The van der Waals surface area contributed by atoms with Crippen molar-refractivity contribution in [1.29, 1.82) is 0 Å². The van der Waals surface area contributed by atoms with Crippen LogP contribution < -0.4 is 5.32 Å². The summed E-state index contributed by atoms with van der Waals surface area (Å²) in [6, 6.07) is 0.865. The van der Waals surface area contributed by atoms with Gasteiger partial charge in [-0.1, -0.05) is 78.1 Å². The highest BCUT2D eigenvalue weighted by Gasteiger charge is 2.55. The van der Waals surface area contributed by atoms with E-state index in [1.807, 2.05) is 0 Å². The molecule has 0 heterocycles. The minimum absolute atomic E-state index is 0.699. The van der Waals surface area contributed by atoms with Gasteiger partial charge >= 0.3 is 0 Å². The van der Waals surface area contributed by atoms with Gasteiger partial charge < -0.3 is 5.32 Å². The zero-order chi connectivity index (χ0) is 17.5. The Morgan fingerprint density at radius 3 is 1.84 bits per heavy atom. The third-order valence-electron chi connectivity index (χ3n) is 7.91. The Morgan fingerprint density at radius 2 is 1.28 bits per heavy atom. The van der Waals surface area contributed by atoms with Crippen molar-refractivity contribution >= 4 is 0 Å². The zero-order valence-corrected chi connectivity index (χ0v) is 17.3. The Labute approximate surface area is 158 Å². The number of unbranched alkanes of at least 4 members (excludes halogenated alkanes) is 9. The highest BCUT2D eigenvalue weighted by molar-refractivity contribution is 5.09. The number of rotatable bonds is 13. The Kier molecular flexibility index (Phi) is 7.70. The summed E-state index contributed by atoms with van der Waals surface area (Å²) in [5.41, 5.74) is 0.699. The van der Waals surface area contributed by atoms with E-state index in [0.29, 0.717) is 5.41 Å². The average Bonchev–Trinajstić information content (AvgIpc) is 2.59. The van der Waals surface area contributed by atoms with E-state index in [-0.39, 0.29) is 0 Å². The van der Waals surface area contributed by atoms with Gasteiger partial charge in [0.15, 0.2) is 0 Å². The Morgan fingerprint density at radius 1 is 0.720 bits per heavy atom. The monoisotopic (exact) mass is 347 g/mol. The number of hydrogen-bond donors (Lipinski definition) is 1. The van der Waals surface area contributed by atoms with Crippen LogP contribution in [0.15, 0.2) is 0 Å². The molecule has 0 aromatic heterocycles. The lowest BCUT2D eigenvalue weighted by atomic mass is 9.46. The lowest BCUT2D eigenvalue weighted by Gasteiger charge is -2.62. The van der Waals surface area contributed by atoms with E-state index in [1.165, 1.54) is 77.2 Å². The molecule has 5 atom stereocenters. The van der Waals surface area contributed by atoms with E-state index in [0.717, 1.165) is 23.8 Å². The molecule has 25 heavy (non-hydrogen) atoms. The van der Waals surface area contributed by atoms with Crippen molar-refractivity contribution in [2.75, 3.05) is 6.54 Å². The molecule has 0 amide bonds. The highest BCUT2D eigenvalue weighted by Crippen LogP contribution is 2.61. The Balaban J connectivity index is 1.34. The van der Waals surface area contributed by atoms with Gasteiger partial charge in [0, 0.05) is 6.04 Å². The van der Waals surface area contributed by atoms with Gasteiger partial charge in [-0.3, -0.25) is 0 Å². The lowest BCUT2D eigenvalue weighted by molar-refractivity contribution is -0.0894. The second kappa shape index (κ2) is 9.77. The van der Waals surface area contributed by atoms with Crippen molar-refractivity contribution in [2.24, 2.45) is 23.2 Å². The molecule has 0 aliphatic heterocycles. The van der Waals surface area contributed by atoms with Crippen LogP contribution >= 0.6 is 0 Å². The van der Waals surface area contributed by atoms with Gasteiger partial charge in [0.2, 0.25) is 0 Å². The summed E-state index contributed by atoms with van der Waals surface area (Å²) < 4.78 is 0. The SMILES string of the molecule is CCCCCCCCCCCCC12C[C@@H]3CC(C[C@@H](C3)C1)C2NCC. The zero-order valence-electron chi connectivity index (χ0n) is 17.3. The molecule has 4 bridgehead atoms. The van der Waals surface area contributed by atoms with Crippen molar-refractivity contribution in [2.45, 2.75) is 123 Å². The van der Waals surface area contributed by atoms with Gasteiger partial charge in [-0.05, 0) is 68.2 Å². The molecule has 3 unspecified atom stereocenters. The fourth-order valence-electron chi connectivity index (χ4n) is 7.14. The lowest BCUT2D eigenvalue weighted by Crippen LogP contribution is -2.61. The summed E-state index contributed by atoms with van der Waals surface area (Å²) in [6.07, 6.45) is 24.1. The van der Waals surface area contributed by atoms with Crippen LogP contribution in [-0.4, -0.2) is 12.6 Å².